The van der Waals surface area contributed by atoms with Gasteiger partial charge in [-0.3, -0.25) is 9.78 Å². The average Bonchev–Trinajstić information content (AvgIpc) is 2.37. The molecule has 0 N–H and O–H groups in total. The Morgan fingerprint density at radius 2 is 1.95 bits per heavy atom. The molecular weight excluding hydrogens is 295 g/mol. The highest BCUT2D eigenvalue weighted by Gasteiger charge is 2.33. The van der Waals surface area contributed by atoms with Gasteiger partial charge >= 0.3 is 6.36 Å². The van der Waals surface area contributed by atoms with Crippen LogP contribution in [0.15, 0.2) is 42.6 Å². The maximum atomic E-state index is 12.3. The number of carbonyl (C=O) groups excluding carboxylic acids is 1. The summed E-state index contributed by atoms with van der Waals surface area (Å²) in [5.41, 5.74) is -0.243. The van der Waals surface area contributed by atoms with Crippen molar-refractivity contribution in [1.29, 1.82) is 0 Å². The molecule has 0 radical (unpaired) electrons. The van der Waals surface area contributed by atoms with Crippen LogP contribution in [0.1, 0.15) is 16.1 Å². The highest BCUT2D eigenvalue weighted by atomic mass is 35.5. The van der Waals surface area contributed by atoms with Gasteiger partial charge in [-0.25, -0.2) is 0 Å². The van der Waals surface area contributed by atoms with Crippen molar-refractivity contribution in [3.63, 3.8) is 0 Å². The lowest BCUT2D eigenvalue weighted by molar-refractivity contribution is -0.274. The Morgan fingerprint density at radius 1 is 1.20 bits per heavy atom. The summed E-state index contributed by atoms with van der Waals surface area (Å²) in [5, 5.41) is 0.0295. The van der Waals surface area contributed by atoms with Crippen LogP contribution in [0.3, 0.4) is 0 Å². The van der Waals surface area contributed by atoms with E-state index in [4.69, 9.17) is 11.6 Å². The van der Waals surface area contributed by atoms with E-state index in [9.17, 15) is 18.0 Å². The number of alkyl halides is 3. The zero-order valence-electron chi connectivity index (χ0n) is 9.82. The number of hydrogen-bond donors (Lipinski definition) is 0. The van der Waals surface area contributed by atoms with E-state index in [0.717, 1.165) is 6.07 Å². The number of hydrogen-bond acceptors (Lipinski definition) is 3. The van der Waals surface area contributed by atoms with Gasteiger partial charge in [0.2, 0.25) is 5.78 Å². The zero-order chi connectivity index (χ0) is 14.8. The lowest BCUT2D eigenvalue weighted by Gasteiger charge is -2.12. The van der Waals surface area contributed by atoms with Crippen molar-refractivity contribution in [3.05, 3.63) is 58.9 Å². The number of nitrogens with zero attached hydrogens (tertiary/aromatic N) is 1. The minimum absolute atomic E-state index is 0.0156. The molecule has 3 nitrogen and oxygen atoms in total. The van der Waals surface area contributed by atoms with E-state index in [-0.39, 0.29) is 16.3 Å². The van der Waals surface area contributed by atoms with Crippen molar-refractivity contribution in [2.45, 2.75) is 6.36 Å². The smallest absolute Gasteiger partial charge is 0.405 e. The molecule has 2 aromatic rings. The molecule has 0 aliphatic heterocycles. The number of ether oxygens (including phenoxy) is 1. The Balaban J connectivity index is 2.43. The third-order valence-electron chi connectivity index (χ3n) is 2.31. The number of carbonyl (C=O) groups is 1. The second-order valence-electron chi connectivity index (χ2n) is 3.73. The highest BCUT2D eigenvalue weighted by molar-refractivity contribution is 6.31. The number of benzene rings is 1. The van der Waals surface area contributed by atoms with E-state index in [1.54, 1.807) is 12.1 Å². The number of pyridine rings is 1. The predicted molar refractivity (Wildman–Crippen MR) is 65.8 cm³/mol. The molecule has 0 aliphatic carbocycles. The van der Waals surface area contributed by atoms with Gasteiger partial charge in [-0.15, -0.1) is 13.2 Å². The number of aromatic nitrogens is 1. The molecule has 1 heterocycles. The van der Waals surface area contributed by atoms with Crippen LogP contribution in [-0.2, 0) is 0 Å². The van der Waals surface area contributed by atoms with E-state index in [0.29, 0.717) is 0 Å². The van der Waals surface area contributed by atoms with Crippen LogP contribution in [0, 0.1) is 0 Å². The first kappa shape index (κ1) is 14.3. The molecule has 0 atom stereocenters. The third kappa shape index (κ3) is 3.48. The van der Waals surface area contributed by atoms with Crippen molar-refractivity contribution in [2.24, 2.45) is 0 Å². The van der Waals surface area contributed by atoms with Crippen molar-refractivity contribution in [2.75, 3.05) is 0 Å². The molecule has 20 heavy (non-hydrogen) atoms. The number of ketones is 1. The second kappa shape index (κ2) is 5.50. The standard InChI is InChI=1S/C13H7ClF3NO2/c14-8-4-5-9(11(7-8)20-13(15,16)17)12(19)10-3-1-2-6-18-10/h1-7H. The normalized spacial score (nSPS) is 11.2. The molecule has 0 saturated heterocycles. The van der Waals surface area contributed by atoms with Crippen LogP contribution >= 0.6 is 11.6 Å². The Morgan fingerprint density at radius 3 is 2.55 bits per heavy atom. The van der Waals surface area contributed by atoms with Gasteiger partial charge in [-0.2, -0.15) is 0 Å². The highest BCUT2D eigenvalue weighted by Crippen LogP contribution is 2.30. The summed E-state index contributed by atoms with van der Waals surface area (Å²) in [4.78, 5) is 15.9. The largest absolute Gasteiger partial charge is 0.573 e. The topological polar surface area (TPSA) is 39.2 Å². The molecule has 2 rings (SSSR count). The second-order valence-corrected chi connectivity index (χ2v) is 4.17. The van der Waals surface area contributed by atoms with Crippen molar-refractivity contribution in [1.82, 2.24) is 4.98 Å². The van der Waals surface area contributed by atoms with Crippen LogP contribution in [0.5, 0.6) is 5.75 Å². The van der Waals surface area contributed by atoms with Crippen molar-refractivity contribution >= 4 is 17.4 Å². The average molecular weight is 302 g/mol. The van der Waals surface area contributed by atoms with E-state index >= 15 is 0 Å². The van der Waals surface area contributed by atoms with E-state index in [2.05, 4.69) is 9.72 Å². The van der Waals surface area contributed by atoms with Crippen LogP contribution in [0.2, 0.25) is 5.02 Å². The fourth-order valence-corrected chi connectivity index (χ4v) is 1.69. The van der Waals surface area contributed by atoms with Crippen LogP contribution in [0.25, 0.3) is 0 Å². The van der Waals surface area contributed by atoms with E-state index in [1.165, 1.54) is 24.4 Å². The third-order valence-corrected chi connectivity index (χ3v) is 2.55. The molecule has 104 valence electrons. The quantitative estimate of drug-likeness (QED) is 0.808. The first-order valence-corrected chi connectivity index (χ1v) is 5.75. The zero-order valence-corrected chi connectivity index (χ0v) is 10.6. The fraction of sp³-hybridized carbons (Fsp3) is 0.0769. The van der Waals surface area contributed by atoms with E-state index < -0.39 is 17.9 Å². The summed E-state index contributed by atoms with van der Waals surface area (Å²) in [5.74, 6) is -1.33. The number of halogens is 4. The summed E-state index contributed by atoms with van der Waals surface area (Å²) in [6.07, 6.45) is -3.54. The summed E-state index contributed by atoms with van der Waals surface area (Å²) in [6.45, 7) is 0. The molecule has 0 bridgehead atoms. The number of rotatable bonds is 3. The Bertz CT molecular complexity index is 629. The van der Waals surface area contributed by atoms with Crippen LogP contribution in [0.4, 0.5) is 13.2 Å². The van der Waals surface area contributed by atoms with Crippen LogP contribution in [-0.4, -0.2) is 17.1 Å². The molecule has 0 amide bonds. The molecule has 0 aliphatic rings. The molecule has 0 fully saturated rings. The molecule has 1 aromatic heterocycles. The van der Waals surface area contributed by atoms with Gasteiger partial charge in [0.15, 0.2) is 0 Å². The van der Waals surface area contributed by atoms with Gasteiger partial charge in [0.1, 0.15) is 11.4 Å². The van der Waals surface area contributed by atoms with Gasteiger partial charge < -0.3 is 4.74 Å². The molecular formula is C13H7ClF3NO2. The lowest BCUT2D eigenvalue weighted by atomic mass is 10.1. The lowest BCUT2D eigenvalue weighted by Crippen LogP contribution is -2.19. The van der Waals surface area contributed by atoms with Gasteiger partial charge in [0.25, 0.3) is 0 Å². The Labute approximate surface area is 117 Å². The minimum atomic E-state index is -4.91. The predicted octanol–water partition coefficient (Wildman–Crippen LogP) is 3.86. The van der Waals surface area contributed by atoms with Gasteiger partial charge in [-0.05, 0) is 30.3 Å². The maximum Gasteiger partial charge on any atom is 0.573 e. The van der Waals surface area contributed by atoms with Gasteiger partial charge in [-0.1, -0.05) is 17.7 Å². The summed E-state index contributed by atoms with van der Waals surface area (Å²) in [6, 6.07) is 7.95. The molecule has 7 heteroatoms. The van der Waals surface area contributed by atoms with Gasteiger partial charge in [0.05, 0.1) is 5.56 Å². The maximum absolute atomic E-state index is 12.3. The first-order chi connectivity index (χ1) is 9.37. The first-order valence-electron chi connectivity index (χ1n) is 5.38. The molecule has 1 aromatic carbocycles. The Kier molecular flexibility index (Phi) is 3.94. The Hall–Kier alpha value is -2.08. The summed E-state index contributed by atoms with van der Waals surface area (Å²) in [7, 11) is 0. The molecule has 0 saturated carbocycles. The van der Waals surface area contributed by atoms with Crippen molar-refractivity contribution in [3.8, 4) is 5.75 Å². The minimum Gasteiger partial charge on any atom is -0.405 e. The van der Waals surface area contributed by atoms with Gasteiger partial charge in [0, 0.05) is 11.2 Å². The van der Waals surface area contributed by atoms with Crippen molar-refractivity contribution < 1.29 is 22.7 Å². The summed E-state index contributed by atoms with van der Waals surface area (Å²) >= 11 is 5.62. The van der Waals surface area contributed by atoms with E-state index in [1.807, 2.05) is 0 Å². The molecule has 0 unspecified atom stereocenters. The SMILES string of the molecule is O=C(c1ccccn1)c1ccc(Cl)cc1OC(F)(F)F. The molecule has 0 spiro atoms. The summed E-state index contributed by atoms with van der Waals surface area (Å²) < 4.78 is 40.8. The monoisotopic (exact) mass is 301 g/mol. The fourth-order valence-electron chi connectivity index (χ4n) is 1.53. The van der Waals surface area contributed by atoms with Crippen LogP contribution < -0.4 is 4.74 Å².